The normalized spacial score (nSPS) is 11.4. The van der Waals surface area contributed by atoms with Gasteiger partial charge in [-0.2, -0.15) is 0 Å². The Bertz CT molecular complexity index is 1240. The number of rotatable bonds is 3. The van der Waals surface area contributed by atoms with E-state index in [9.17, 15) is 4.79 Å². The van der Waals surface area contributed by atoms with E-state index < -0.39 is 0 Å². The monoisotopic (exact) mass is 359 g/mol. The average Bonchev–Trinajstić information content (AvgIpc) is 2.92. The fourth-order valence-electron chi connectivity index (χ4n) is 3.49. The Morgan fingerprint density at radius 1 is 1.22 bits per heavy atom. The van der Waals surface area contributed by atoms with Crippen molar-refractivity contribution in [3.05, 3.63) is 52.7 Å². The van der Waals surface area contributed by atoms with Crippen LogP contribution in [0.15, 0.2) is 41.3 Å². The molecule has 0 bridgehead atoms. The number of benzene rings is 1. The van der Waals surface area contributed by atoms with Crippen LogP contribution in [-0.2, 0) is 7.05 Å². The molecule has 0 atom stereocenters. The first-order valence-electron chi connectivity index (χ1n) is 9.08. The van der Waals surface area contributed by atoms with Crippen LogP contribution < -0.4 is 16.1 Å². The van der Waals surface area contributed by atoms with Gasteiger partial charge in [0.15, 0.2) is 0 Å². The van der Waals surface area contributed by atoms with Gasteiger partial charge in [-0.3, -0.25) is 14.1 Å². The summed E-state index contributed by atoms with van der Waals surface area (Å²) in [6.07, 6.45) is 1.77. The van der Waals surface area contributed by atoms with Gasteiger partial charge in [-0.05, 0) is 32.0 Å². The summed E-state index contributed by atoms with van der Waals surface area (Å²) in [6, 6.07) is 10.1. The third-order valence-electron chi connectivity index (χ3n) is 5.19. The SMILES string of the molecule is Bc1ccc2ncc3c(c2c1)n(-c1ccc(N(C)CC)nc1C)c(=O)n3C. The zero-order valence-electron chi connectivity index (χ0n) is 16.3. The lowest BCUT2D eigenvalue weighted by atomic mass is 9.94. The Balaban J connectivity index is 2.09. The predicted molar refractivity (Wildman–Crippen MR) is 113 cm³/mol. The van der Waals surface area contributed by atoms with Gasteiger partial charge in [-0.1, -0.05) is 17.6 Å². The quantitative estimate of drug-likeness (QED) is 0.518. The summed E-state index contributed by atoms with van der Waals surface area (Å²) in [5.41, 5.74) is 5.22. The van der Waals surface area contributed by atoms with Crippen LogP contribution in [0.5, 0.6) is 0 Å². The van der Waals surface area contributed by atoms with Crippen molar-refractivity contribution in [3.8, 4) is 5.69 Å². The van der Waals surface area contributed by atoms with Crippen LogP contribution in [0.1, 0.15) is 12.6 Å². The van der Waals surface area contributed by atoms with E-state index in [1.54, 1.807) is 22.4 Å². The van der Waals surface area contributed by atoms with Crippen molar-refractivity contribution in [3.63, 3.8) is 0 Å². The van der Waals surface area contributed by atoms with Crippen molar-refractivity contribution in [2.45, 2.75) is 13.8 Å². The van der Waals surface area contributed by atoms with E-state index >= 15 is 0 Å². The van der Waals surface area contributed by atoms with E-state index in [-0.39, 0.29) is 5.69 Å². The average molecular weight is 359 g/mol. The zero-order valence-corrected chi connectivity index (χ0v) is 16.3. The lowest BCUT2D eigenvalue weighted by molar-refractivity contribution is 0.837. The lowest BCUT2D eigenvalue weighted by Gasteiger charge is -2.17. The maximum Gasteiger partial charge on any atom is 0.333 e. The summed E-state index contributed by atoms with van der Waals surface area (Å²) in [6.45, 7) is 4.90. The van der Waals surface area contributed by atoms with Crippen molar-refractivity contribution in [2.24, 2.45) is 7.05 Å². The molecule has 0 aliphatic heterocycles. The summed E-state index contributed by atoms with van der Waals surface area (Å²) in [7, 11) is 5.84. The van der Waals surface area contributed by atoms with E-state index in [2.05, 4.69) is 22.9 Å². The number of hydrogen-bond acceptors (Lipinski definition) is 4. The molecule has 0 aliphatic rings. The summed E-state index contributed by atoms with van der Waals surface area (Å²) in [4.78, 5) is 24.4. The zero-order chi connectivity index (χ0) is 19.3. The molecule has 0 aliphatic carbocycles. The van der Waals surface area contributed by atoms with E-state index in [1.807, 2.05) is 46.1 Å². The molecule has 0 amide bonds. The molecular formula is C20H22BN5O. The molecule has 0 saturated heterocycles. The minimum atomic E-state index is -0.0951. The third-order valence-corrected chi connectivity index (χ3v) is 5.19. The lowest BCUT2D eigenvalue weighted by Crippen LogP contribution is -2.22. The topological polar surface area (TPSA) is 56.0 Å². The molecule has 3 heterocycles. The molecule has 7 heteroatoms. The third kappa shape index (κ3) is 2.61. The Morgan fingerprint density at radius 2 is 2.00 bits per heavy atom. The van der Waals surface area contributed by atoms with Crippen LogP contribution in [0, 0.1) is 6.92 Å². The Labute approximate surface area is 158 Å². The maximum atomic E-state index is 13.1. The van der Waals surface area contributed by atoms with Crippen LogP contribution >= 0.6 is 0 Å². The molecule has 0 radical (unpaired) electrons. The fraction of sp³-hybridized carbons (Fsp3) is 0.250. The molecule has 3 aromatic heterocycles. The second kappa shape index (κ2) is 6.26. The van der Waals surface area contributed by atoms with Crippen molar-refractivity contribution in [2.75, 3.05) is 18.5 Å². The molecule has 27 heavy (non-hydrogen) atoms. The van der Waals surface area contributed by atoms with E-state index in [0.717, 1.165) is 51.1 Å². The number of aryl methyl sites for hydroxylation is 2. The molecular weight excluding hydrogens is 337 g/mol. The molecule has 0 saturated carbocycles. The molecule has 0 N–H and O–H groups in total. The van der Waals surface area contributed by atoms with Gasteiger partial charge >= 0.3 is 5.69 Å². The number of hydrogen-bond donors (Lipinski definition) is 0. The second-order valence-electron chi connectivity index (χ2n) is 6.98. The molecule has 4 rings (SSSR count). The highest BCUT2D eigenvalue weighted by molar-refractivity contribution is 6.33. The second-order valence-corrected chi connectivity index (χ2v) is 6.98. The summed E-state index contributed by atoms with van der Waals surface area (Å²) < 4.78 is 3.41. The van der Waals surface area contributed by atoms with Crippen LogP contribution in [0.25, 0.3) is 27.6 Å². The minimum Gasteiger partial charge on any atom is -0.360 e. The summed E-state index contributed by atoms with van der Waals surface area (Å²) in [5, 5.41) is 0.972. The van der Waals surface area contributed by atoms with Crippen molar-refractivity contribution in [1.29, 1.82) is 0 Å². The van der Waals surface area contributed by atoms with Crippen molar-refractivity contribution in [1.82, 2.24) is 19.1 Å². The molecule has 0 spiro atoms. The highest BCUT2D eigenvalue weighted by atomic mass is 16.1. The number of fused-ring (bicyclic) bond motifs is 3. The largest absolute Gasteiger partial charge is 0.360 e. The van der Waals surface area contributed by atoms with Gasteiger partial charge in [0.25, 0.3) is 0 Å². The molecule has 4 aromatic rings. The number of pyridine rings is 2. The van der Waals surface area contributed by atoms with Gasteiger partial charge in [0.2, 0.25) is 0 Å². The summed E-state index contributed by atoms with van der Waals surface area (Å²) in [5.74, 6) is 0.898. The first kappa shape index (κ1) is 17.3. The van der Waals surface area contributed by atoms with Crippen LogP contribution in [0.2, 0.25) is 0 Å². The van der Waals surface area contributed by atoms with E-state index in [4.69, 9.17) is 4.98 Å². The molecule has 1 aromatic carbocycles. The fourth-order valence-corrected chi connectivity index (χ4v) is 3.49. The highest BCUT2D eigenvalue weighted by Gasteiger charge is 2.18. The standard InChI is InChI=1S/C20H22BN5O/c1-5-24(3)18-9-8-16(12(2)23-18)26-19-14-10-13(21)6-7-15(14)22-11-17(19)25(4)20(26)27/h6-11H,5,21H2,1-4H3. The van der Waals surface area contributed by atoms with Gasteiger partial charge in [0.05, 0.1) is 34.1 Å². The maximum absolute atomic E-state index is 13.1. The van der Waals surface area contributed by atoms with Gasteiger partial charge < -0.3 is 4.90 Å². The van der Waals surface area contributed by atoms with Crippen molar-refractivity contribution < 1.29 is 0 Å². The van der Waals surface area contributed by atoms with Gasteiger partial charge in [0, 0.05) is 26.0 Å². The Kier molecular flexibility index (Phi) is 4.02. The number of imidazole rings is 1. The van der Waals surface area contributed by atoms with Gasteiger partial charge in [-0.15, -0.1) is 0 Å². The number of nitrogens with zero attached hydrogens (tertiary/aromatic N) is 5. The van der Waals surface area contributed by atoms with Gasteiger partial charge in [0.1, 0.15) is 13.7 Å². The van der Waals surface area contributed by atoms with E-state index in [0.29, 0.717) is 0 Å². The molecule has 6 nitrogen and oxygen atoms in total. The first-order valence-corrected chi connectivity index (χ1v) is 9.08. The molecule has 0 unspecified atom stereocenters. The number of anilines is 1. The van der Waals surface area contributed by atoms with Crippen LogP contribution in [0.3, 0.4) is 0 Å². The number of aromatic nitrogens is 4. The van der Waals surface area contributed by atoms with Gasteiger partial charge in [-0.25, -0.2) is 9.78 Å². The minimum absolute atomic E-state index is 0.0951. The molecule has 136 valence electrons. The Hall–Kier alpha value is -3.09. The van der Waals surface area contributed by atoms with E-state index in [1.165, 1.54) is 0 Å². The molecule has 0 fully saturated rings. The predicted octanol–water partition coefficient (Wildman–Crippen LogP) is 1.30. The highest BCUT2D eigenvalue weighted by Crippen LogP contribution is 2.26. The first-order chi connectivity index (χ1) is 12.9. The Morgan fingerprint density at radius 3 is 2.70 bits per heavy atom. The summed E-state index contributed by atoms with van der Waals surface area (Å²) >= 11 is 0. The van der Waals surface area contributed by atoms with Crippen molar-refractivity contribution >= 4 is 41.1 Å². The van der Waals surface area contributed by atoms with Crippen LogP contribution in [-0.4, -0.2) is 40.5 Å². The van der Waals surface area contributed by atoms with Crippen LogP contribution in [0.4, 0.5) is 5.82 Å². The smallest absolute Gasteiger partial charge is 0.333 e.